The number of hydrogen-bond donors (Lipinski definition) is 1. The van der Waals surface area contributed by atoms with E-state index in [4.69, 9.17) is 5.73 Å². The standard InChI is InChI=1S/C13H19FN2O/c1-13(2,3)11(15)12(17)16(4)10-7-5-9(14)6-8-10/h5-8,11H,15H2,1-4H3/t11-/m0/s1. The molecule has 0 saturated carbocycles. The highest BCUT2D eigenvalue weighted by Gasteiger charge is 2.30. The van der Waals surface area contributed by atoms with Gasteiger partial charge in [-0.15, -0.1) is 0 Å². The molecule has 3 nitrogen and oxygen atoms in total. The van der Waals surface area contributed by atoms with Gasteiger partial charge in [0.15, 0.2) is 0 Å². The van der Waals surface area contributed by atoms with E-state index in [0.717, 1.165) is 0 Å². The molecule has 17 heavy (non-hydrogen) atoms. The second-order valence-electron chi connectivity index (χ2n) is 5.22. The Morgan fingerprint density at radius 3 is 2.18 bits per heavy atom. The fourth-order valence-corrected chi connectivity index (χ4v) is 1.37. The highest BCUT2D eigenvalue weighted by molar-refractivity contribution is 5.97. The van der Waals surface area contributed by atoms with Crippen molar-refractivity contribution in [3.63, 3.8) is 0 Å². The summed E-state index contributed by atoms with van der Waals surface area (Å²) in [5.41, 5.74) is 6.23. The lowest BCUT2D eigenvalue weighted by molar-refractivity contribution is -0.121. The molecule has 0 aliphatic heterocycles. The smallest absolute Gasteiger partial charge is 0.244 e. The van der Waals surface area contributed by atoms with Gasteiger partial charge in [0.2, 0.25) is 5.91 Å². The molecule has 1 amide bonds. The van der Waals surface area contributed by atoms with E-state index in [9.17, 15) is 9.18 Å². The van der Waals surface area contributed by atoms with Crippen LogP contribution in [-0.4, -0.2) is 19.0 Å². The lowest BCUT2D eigenvalue weighted by Gasteiger charge is -2.30. The van der Waals surface area contributed by atoms with Crippen LogP contribution in [0.3, 0.4) is 0 Å². The lowest BCUT2D eigenvalue weighted by Crippen LogP contribution is -2.49. The number of rotatable bonds is 2. The number of nitrogens with zero attached hydrogens (tertiary/aromatic N) is 1. The van der Waals surface area contributed by atoms with Crippen molar-refractivity contribution >= 4 is 11.6 Å². The van der Waals surface area contributed by atoms with Crippen LogP contribution in [0.5, 0.6) is 0 Å². The minimum absolute atomic E-state index is 0.177. The summed E-state index contributed by atoms with van der Waals surface area (Å²) in [5.74, 6) is -0.501. The maximum Gasteiger partial charge on any atom is 0.244 e. The van der Waals surface area contributed by atoms with Crippen molar-refractivity contribution < 1.29 is 9.18 Å². The lowest BCUT2D eigenvalue weighted by atomic mass is 9.86. The third kappa shape index (κ3) is 3.27. The molecule has 94 valence electrons. The van der Waals surface area contributed by atoms with Gasteiger partial charge < -0.3 is 10.6 Å². The molecular weight excluding hydrogens is 219 g/mol. The monoisotopic (exact) mass is 238 g/mol. The van der Waals surface area contributed by atoms with Crippen molar-refractivity contribution in [2.24, 2.45) is 11.1 Å². The Balaban J connectivity index is 2.87. The van der Waals surface area contributed by atoms with Gasteiger partial charge in [-0.2, -0.15) is 0 Å². The van der Waals surface area contributed by atoms with E-state index in [-0.39, 0.29) is 17.1 Å². The van der Waals surface area contributed by atoms with Crippen LogP contribution in [0.15, 0.2) is 24.3 Å². The molecule has 0 aliphatic rings. The first-order chi connectivity index (χ1) is 7.73. The summed E-state index contributed by atoms with van der Waals surface area (Å²) in [6.45, 7) is 5.73. The number of carbonyl (C=O) groups excluding carboxylic acids is 1. The fourth-order valence-electron chi connectivity index (χ4n) is 1.37. The zero-order valence-electron chi connectivity index (χ0n) is 10.7. The molecule has 1 aromatic rings. The van der Waals surface area contributed by atoms with Crippen LogP contribution in [0.4, 0.5) is 10.1 Å². The van der Waals surface area contributed by atoms with Crippen LogP contribution in [-0.2, 0) is 4.79 Å². The van der Waals surface area contributed by atoms with Crippen LogP contribution in [0.2, 0.25) is 0 Å². The van der Waals surface area contributed by atoms with Crippen LogP contribution in [0, 0.1) is 11.2 Å². The van der Waals surface area contributed by atoms with Gasteiger partial charge in [-0.3, -0.25) is 4.79 Å². The normalized spacial score (nSPS) is 13.3. The number of hydrogen-bond acceptors (Lipinski definition) is 2. The van der Waals surface area contributed by atoms with E-state index in [1.807, 2.05) is 20.8 Å². The van der Waals surface area contributed by atoms with Crippen LogP contribution >= 0.6 is 0 Å². The van der Waals surface area contributed by atoms with Gasteiger partial charge in [0, 0.05) is 12.7 Å². The molecule has 1 aromatic carbocycles. The maximum absolute atomic E-state index is 12.8. The molecule has 1 rings (SSSR count). The number of halogens is 1. The molecule has 0 saturated heterocycles. The Labute approximate surface area is 101 Å². The van der Waals surface area contributed by atoms with Gasteiger partial charge in [0.1, 0.15) is 5.82 Å². The molecule has 0 aliphatic carbocycles. The fraction of sp³-hybridized carbons (Fsp3) is 0.462. The average molecular weight is 238 g/mol. The van der Waals surface area contributed by atoms with Crippen molar-refractivity contribution in [1.82, 2.24) is 0 Å². The zero-order chi connectivity index (χ0) is 13.2. The largest absolute Gasteiger partial charge is 0.319 e. The third-order valence-corrected chi connectivity index (χ3v) is 2.74. The molecule has 1 atom stereocenters. The van der Waals surface area contributed by atoms with Crippen LogP contribution in [0.25, 0.3) is 0 Å². The average Bonchev–Trinajstić information content (AvgIpc) is 2.26. The minimum Gasteiger partial charge on any atom is -0.319 e. The van der Waals surface area contributed by atoms with Crippen molar-refractivity contribution in [2.45, 2.75) is 26.8 Å². The highest BCUT2D eigenvalue weighted by atomic mass is 19.1. The Kier molecular flexibility index (Phi) is 3.88. The van der Waals surface area contributed by atoms with Gasteiger partial charge in [0.25, 0.3) is 0 Å². The summed E-state index contributed by atoms with van der Waals surface area (Å²) in [7, 11) is 1.64. The Bertz CT molecular complexity index is 395. The second-order valence-corrected chi connectivity index (χ2v) is 5.22. The van der Waals surface area contributed by atoms with E-state index >= 15 is 0 Å². The van der Waals surface area contributed by atoms with Crippen molar-refractivity contribution in [3.8, 4) is 0 Å². The SMILES string of the molecule is CN(C(=O)[C@H](N)C(C)(C)C)c1ccc(F)cc1. The van der Waals surface area contributed by atoms with E-state index in [1.165, 1.54) is 17.0 Å². The Morgan fingerprint density at radius 1 is 1.29 bits per heavy atom. The summed E-state index contributed by atoms with van der Waals surface area (Å²) >= 11 is 0. The molecule has 0 aromatic heterocycles. The quantitative estimate of drug-likeness (QED) is 0.858. The summed E-state index contributed by atoms with van der Waals surface area (Å²) < 4.78 is 12.8. The summed E-state index contributed by atoms with van der Waals surface area (Å²) in [4.78, 5) is 13.5. The van der Waals surface area contributed by atoms with Crippen LogP contribution < -0.4 is 10.6 Å². The summed E-state index contributed by atoms with van der Waals surface area (Å²) in [6.07, 6.45) is 0. The molecule has 0 unspecified atom stereocenters. The predicted molar refractivity (Wildman–Crippen MR) is 67.2 cm³/mol. The first-order valence-corrected chi connectivity index (χ1v) is 5.52. The topological polar surface area (TPSA) is 46.3 Å². The number of nitrogens with two attached hydrogens (primary N) is 1. The number of carbonyl (C=O) groups is 1. The summed E-state index contributed by atoms with van der Waals surface area (Å²) in [5, 5.41) is 0. The number of anilines is 1. The number of benzene rings is 1. The second kappa shape index (κ2) is 4.84. The molecule has 0 spiro atoms. The third-order valence-electron chi connectivity index (χ3n) is 2.74. The van der Waals surface area contributed by atoms with E-state index in [2.05, 4.69) is 0 Å². The van der Waals surface area contributed by atoms with E-state index in [1.54, 1.807) is 19.2 Å². The van der Waals surface area contributed by atoms with Gasteiger partial charge >= 0.3 is 0 Å². The minimum atomic E-state index is -0.586. The molecule has 0 heterocycles. The van der Waals surface area contributed by atoms with Crippen molar-refractivity contribution in [2.75, 3.05) is 11.9 Å². The maximum atomic E-state index is 12.8. The molecule has 0 bridgehead atoms. The van der Waals surface area contributed by atoms with E-state index in [0.29, 0.717) is 5.69 Å². The number of amides is 1. The zero-order valence-corrected chi connectivity index (χ0v) is 10.7. The van der Waals surface area contributed by atoms with Gasteiger partial charge in [-0.1, -0.05) is 20.8 Å². The molecule has 4 heteroatoms. The van der Waals surface area contributed by atoms with Gasteiger partial charge in [-0.25, -0.2) is 4.39 Å². The van der Waals surface area contributed by atoms with Gasteiger partial charge in [0.05, 0.1) is 6.04 Å². The molecule has 0 radical (unpaired) electrons. The van der Waals surface area contributed by atoms with Crippen molar-refractivity contribution in [3.05, 3.63) is 30.1 Å². The molecule has 0 fully saturated rings. The number of likely N-dealkylation sites (N-methyl/N-ethyl adjacent to an activating group) is 1. The molecular formula is C13H19FN2O. The first kappa shape index (κ1) is 13.6. The Hall–Kier alpha value is -1.42. The van der Waals surface area contributed by atoms with Crippen molar-refractivity contribution in [1.29, 1.82) is 0 Å². The summed E-state index contributed by atoms with van der Waals surface area (Å²) in [6, 6.07) is 5.17. The highest BCUT2D eigenvalue weighted by Crippen LogP contribution is 2.21. The predicted octanol–water partition coefficient (Wildman–Crippen LogP) is 2.16. The van der Waals surface area contributed by atoms with E-state index < -0.39 is 6.04 Å². The van der Waals surface area contributed by atoms with Gasteiger partial charge in [-0.05, 0) is 29.7 Å². The molecule has 2 N–H and O–H groups in total. The van der Waals surface area contributed by atoms with Crippen LogP contribution in [0.1, 0.15) is 20.8 Å². The first-order valence-electron chi connectivity index (χ1n) is 5.52. The Morgan fingerprint density at radius 2 is 1.76 bits per heavy atom.